The first-order valence-electron chi connectivity index (χ1n) is 6.75. The van der Waals surface area contributed by atoms with Gasteiger partial charge in [-0.3, -0.25) is 4.79 Å². The van der Waals surface area contributed by atoms with Crippen molar-refractivity contribution in [3.05, 3.63) is 29.8 Å². The third-order valence-electron chi connectivity index (χ3n) is 1.97. The standard InChI is InChI=1S/C7H6O2.C6H14O2.C2H6O2/c8-5-6-3-1-2-4-7(6)9;1-4-7-6(3)8-5-2;3-1-2-4/h1-5,9H;6H,4-5H2,1-3H3;3-4H,1-2H2. The predicted molar refractivity (Wildman–Crippen MR) is 80.4 cm³/mol. The Kier molecular flexibility index (Phi) is 17.2. The molecule has 0 spiro atoms. The number of rotatable bonds is 6. The highest BCUT2D eigenvalue weighted by atomic mass is 16.7. The van der Waals surface area contributed by atoms with Gasteiger partial charge in [0.25, 0.3) is 0 Å². The molecule has 0 saturated heterocycles. The van der Waals surface area contributed by atoms with Crippen molar-refractivity contribution >= 4 is 6.29 Å². The van der Waals surface area contributed by atoms with Crippen LogP contribution < -0.4 is 0 Å². The van der Waals surface area contributed by atoms with Crippen LogP contribution in [0, 0.1) is 0 Å². The largest absolute Gasteiger partial charge is 0.507 e. The van der Waals surface area contributed by atoms with E-state index in [0.717, 1.165) is 13.2 Å². The van der Waals surface area contributed by atoms with Crippen molar-refractivity contribution in [3.8, 4) is 5.75 Å². The van der Waals surface area contributed by atoms with Crippen molar-refractivity contribution in [2.75, 3.05) is 26.4 Å². The van der Waals surface area contributed by atoms with Crippen LogP contribution in [0.4, 0.5) is 0 Å². The number of hydrogen-bond acceptors (Lipinski definition) is 6. The van der Waals surface area contributed by atoms with Gasteiger partial charge >= 0.3 is 0 Å². The van der Waals surface area contributed by atoms with E-state index in [0.29, 0.717) is 11.8 Å². The number of phenols is 1. The minimum Gasteiger partial charge on any atom is -0.507 e. The number of aliphatic hydroxyl groups excluding tert-OH is 2. The van der Waals surface area contributed by atoms with Gasteiger partial charge in [-0.1, -0.05) is 12.1 Å². The summed E-state index contributed by atoms with van der Waals surface area (Å²) in [5.41, 5.74) is 0.331. The molecule has 6 nitrogen and oxygen atoms in total. The molecule has 0 fully saturated rings. The molecule has 0 saturated carbocycles. The zero-order valence-corrected chi connectivity index (χ0v) is 12.9. The lowest BCUT2D eigenvalue weighted by molar-refractivity contribution is -0.123. The molecule has 0 aromatic heterocycles. The molecule has 122 valence electrons. The molecule has 0 aliphatic heterocycles. The number of benzene rings is 1. The number of ether oxygens (including phenoxy) is 2. The minimum atomic E-state index is -0.125. The van der Waals surface area contributed by atoms with E-state index in [9.17, 15) is 4.79 Å². The van der Waals surface area contributed by atoms with Crippen LogP contribution in [0.15, 0.2) is 24.3 Å². The first kappa shape index (κ1) is 21.8. The zero-order chi connectivity index (χ0) is 16.5. The van der Waals surface area contributed by atoms with E-state index in [1.54, 1.807) is 18.2 Å². The summed E-state index contributed by atoms with van der Waals surface area (Å²) in [7, 11) is 0. The van der Waals surface area contributed by atoms with Crippen LogP contribution in [0.1, 0.15) is 31.1 Å². The fraction of sp³-hybridized carbons (Fsp3) is 0.533. The highest BCUT2D eigenvalue weighted by Gasteiger charge is 1.95. The fourth-order valence-electron chi connectivity index (χ4n) is 1.10. The zero-order valence-electron chi connectivity index (χ0n) is 12.9. The number of carbonyl (C=O) groups is 1. The molecule has 0 atom stereocenters. The molecule has 6 heteroatoms. The van der Waals surface area contributed by atoms with Gasteiger partial charge in [0, 0.05) is 13.2 Å². The summed E-state index contributed by atoms with van der Waals surface area (Å²) in [6.45, 7) is 7.00. The highest BCUT2D eigenvalue weighted by molar-refractivity contribution is 5.78. The highest BCUT2D eigenvalue weighted by Crippen LogP contribution is 2.11. The van der Waals surface area contributed by atoms with Crippen LogP contribution in [0.25, 0.3) is 0 Å². The predicted octanol–water partition coefficient (Wildman–Crippen LogP) is 1.58. The lowest BCUT2D eigenvalue weighted by Crippen LogP contribution is -2.11. The second-order valence-corrected chi connectivity index (χ2v) is 3.60. The summed E-state index contributed by atoms with van der Waals surface area (Å²) in [5, 5.41) is 24.1. The molecule has 21 heavy (non-hydrogen) atoms. The van der Waals surface area contributed by atoms with E-state index >= 15 is 0 Å². The third-order valence-corrected chi connectivity index (χ3v) is 1.97. The van der Waals surface area contributed by atoms with Crippen molar-refractivity contribution < 1.29 is 29.6 Å². The Morgan fingerprint density at radius 3 is 1.86 bits per heavy atom. The Balaban J connectivity index is 0. The Morgan fingerprint density at radius 1 is 1.10 bits per heavy atom. The Labute approximate surface area is 125 Å². The van der Waals surface area contributed by atoms with Crippen molar-refractivity contribution in [1.29, 1.82) is 0 Å². The first-order chi connectivity index (χ1) is 10.1. The molecule has 1 aromatic carbocycles. The van der Waals surface area contributed by atoms with Crippen LogP contribution in [0.2, 0.25) is 0 Å². The smallest absolute Gasteiger partial charge is 0.154 e. The summed E-state index contributed by atoms with van der Waals surface area (Å²) in [5.74, 6) is 0.0347. The number of phenolic OH excluding ortho intramolecular Hbond substituents is 1. The molecule has 0 aliphatic rings. The topological polar surface area (TPSA) is 96.2 Å². The maximum absolute atomic E-state index is 10.1. The molecule has 3 N–H and O–H groups in total. The third kappa shape index (κ3) is 14.7. The van der Waals surface area contributed by atoms with E-state index < -0.39 is 0 Å². The molecule has 0 unspecified atom stereocenters. The molecule has 0 heterocycles. The monoisotopic (exact) mass is 302 g/mol. The number of aromatic hydroxyl groups is 1. The summed E-state index contributed by atoms with van der Waals surface area (Å²) < 4.78 is 10.1. The molecule has 1 rings (SSSR count). The van der Waals surface area contributed by atoms with Gasteiger partial charge in [0.2, 0.25) is 0 Å². The molecule has 0 bridgehead atoms. The molecule has 0 aliphatic carbocycles. The van der Waals surface area contributed by atoms with Crippen LogP contribution in [0.5, 0.6) is 5.75 Å². The number of carbonyl (C=O) groups excluding carboxylic acids is 1. The van der Waals surface area contributed by atoms with E-state index in [2.05, 4.69) is 0 Å². The van der Waals surface area contributed by atoms with E-state index in [1.165, 1.54) is 6.07 Å². The van der Waals surface area contributed by atoms with Gasteiger partial charge in [0.15, 0.2) is 12.6 Å². The van der Waals surface area contributed by atoms with E-state index in [-0.39, 0.29) is 25.3 Å². The number of para-hydroxylation sites is 1. The van der Waals surface area contributed by atoms with Gasteiger partial charge < -0.3 is 24.8 Å². The van der Waals surface area contributed by atoms with Crippen LogP contribution in [-0.2, 0) is 9.47 Å². The quantitative estimate of drug-likeness (QED) is 0.545. The van der Waals surface area contributed by atoms with Gasteiger partial charge in [0.1, 0.15) is 5.75 Å². The fourth-order valence-corrected chi connectivity index (χ4v) is 1.10. The van der Waals surface area contributed by atoms with E-state index in [4.69, 9.17) is 24.8 Å². The maximum atomic E-state index is 10.1. The summed E-state index contributed by atoms with van der Waals surface area (Å²) in [6.07, 6.45) is 0.583. The van der Waals surface area contributed by atoms with Gasteiger partial charge in [-0.25, -0.2) is 0 Å². The molecule has 1 aromatic rings. The second-order valence-electron chi connectivity index (χ2n) is 3.60. The first-order valence-corrected chi connectivity index (χ1v) is 6.75. The van der Waals surface area contributed by atoms with Crippen LogP contribution >= 0.6 is 0 Å². The van der Waals surface area contributed by atoms with Crippen LogP contribution in [0.3, 0.4) is 0 Å². The van der Waals surface area contributed by atoms with Crippen molar-refractivity contribution in [2.24, 2.45) is 0 Å². The summed E-state index contributed by atoms with van der Waals surface area (Å²) >= 11 is 0. The Hall–Kier alpha value is -1.47. The van der Waals surface area contributed by atoms with Crippen LogP contribution in [-0.4, -0.2) is 54.3 Å². The normalized spacial score (nSPS) is 9.24. The summed E-state index contributed by atoms with van der Waals surface area (Å²) in [4.78, 5) is 10.1. The van der Waals surface area contributed by atoms with E-state index in [1.807, 2.05) is 20.8 Å². The molecular formula is C15H26O6. The van der Waals surface area contributed by atoms with Gasteiger partial charge in [0.05, 0.1) is 18.8 Å². The lowest BCUT2D eigenvalue weighted by atomic mass is 10.2. The van der Waals surface area contributed by atoms with Gasteiger partial charge in [-0.15, -0.1) is 0 Å². The summed E-state index contributed by atoms with van der Waals surface area (Å²) in [6, 6.07) is 6.40. The average molecular weight is 302 g/mol. The lowest BCUT2D eigenvalue weighted by Gasteiger charge is -2.09. The number of aldehydes is 1. The molecular weight excluding hydrogens is 276 g/mol. The Morgan fingerprint density at radius 2 is 1.57 bits per heavy atom. The minimum absolute atomic E-state index is 0.0347. The van der Waals surface area contributed by atoms with Crippen molar-refractivity contribution in [1.82, 2.24) is 0 Å². The number of aliphatic hydroxyl groups is 2. The second kappa shape index (κ2) is 16.6. The molecule has 0 radical (unpaired) electrons. The maximum Gasteiger partial charge on any atom is 0.154 e. The molecule has 0 amide bonds. The average Bonchev–Trinajstić information content (AvgIpc) is 2.49. The van der Waals surface area contributed by atoms with Gasteiger partial charge in [-0.2, -0.15) is 0 Å². The number of hydrogen-bond donors (Lipinski definition) is 3. The van der Waals surface area contributed by atoms with Gasteiger partial charge in [-0.05, 0) is 32.9 Å². The Bertz CT molecular complexity index is 335. The SMILES string of the molecule is CCOC(C)OCC.O=Cc1ccccc1O.OCCO. The van der Waals surface area contributed by atoms with Crippen molar-refractivity contribution in [3.63, 3.8) is 0 Å². The van der Waals surface area contributed by atoms with Crippen molar-refractivity contribution in [2.45, 2.75) is 27.1 Å².